The van der Waals surface area contributed by atoms with Crippen molar-refractivity contribution in [2.75, 3.05) is 0 Å². The summed E-state index contributed by atoms with van der Waals surface area (Å²) in [5.74, 6) is -1.11. The molecule has 0 spiro atoms. The molecule has 2 nitrogen and oxygen atoms in total. The summed E-state index contributed by atoms with van der Waals surface area (Å²) in [7, 11) is 0. The molecule has 0 aromatic carbocycles. The molecule has 1 aromatic heterocycles. The van der Waals surface area contributed by atoms with Crippen LogP contribution in [-0.2, 0) is 5.33 Å². The van der Waals surface area contributed by atoms with Crippen LogP contribution in [0.5, 0.6) is 5.88 Å². The Morgan fingerprint density at radius 2 is 2.00 bits per heavy atom. The SMILES string of the molecule is FC(F)c1c(OC(F)(F)F)ncc(CBr)c1I. The molecule has 0 aliphatic carbocycles. The third-order valence-electron chi connectivity index (χ3n) is 1.66. The maximum Gasteiger partial charge on any atom is 0.574 e. The normalized spacial score (nSPS) is 12.0. The van der Waals surface area contributed by atoms with Crippen molar-refractivity contribution in [3.8, 4) is 5.88 Å². The van der Waals surface area contributed by atoms with Crippen LogP contribution in [0.15, 0.2) is 6.20 Å². The number of aromatic nitrogens is 1. The lowest BCUT2D eigenvalue weighted by atomic mass is 10.2. The third kappa shape index (κ3) is 3.90. The van der Waals surface area contributed by atoms with E-state index < -0.39 is 24.2 Å². The lowest BCUT2D eigenvalue weighted by Crippen LogP contribution is -2.19. The Morgan fingerprint density at radius 1 is 1.41 bits per heavy atom. The predicted molar refractivity (Wildman–Crippen MR) is 61.2 cm³/mol. The van der Waals surface area contributed by atoms with Crippen molar-refractivity contribution in [1.82, 2.24) is 4.98 Å². The summed E-state index contributed by atoms with van der Waals surface area (Å²) in [6.07, 6.45) is -7.08. The van der Waals surface area contributed by atoms with Crippen LogP contribution in [0, 0.1) is 3.57 Å². The maximum atomic E-state index is 12.7. The number of nitrogens with zero attached hydrogens (tertiary/aromatic N) is 1. The van der Waals surface area contributed by atoms with Gasteiger partial charge in [-0.3, -0.25) is 0 Å². The molecule has 0 amide bonds. The Kier molecular flexibility index (Phi) is 4.93. The summed E-state index contributed by atoms with van der Waals surface area (Å²) in [5, 5.41) is 0.213. The fourth-order valence-electron chi connectivity index (χ4n) is 1.00. The van der Waals surface area contributed by atoms with Crippen LogP contribution in [0.25, 0.3) is 0 Å². The molecule has 0 bridgehead atoms. The van der Waals surface area contributed by atoms with Gasteiger partial charge in [0.25, 0.3) is 6.43 Å². The first-order valence-electron chi connectivity index (χ1n) is 4.03. The highest BCUT2D eigenvalue weighted by Crippen LogP contribution is 2.36. The molecule has 0 aliphatic heterocycles. The van der Waals surface area contributed by atoms with E-state index in [0.717, 1.165) is 6.20 Å². The van der Waals surface area contributed by atoms with Crippen LogP contribution in [0.1, 0.15) is 17.6 Å². The van der Waals surface area contributed by atoms with E-state index in [2.05, 4.69) is 25.7 Å². The Bertz CT molecular complexity index is 412. The number of rotatable bonds is 3. The maximum absolute atomic E-state index is 12.7. The van der Waals surface area contributed by atoms with E-state index in [4.69, 9.17) is 0 Å². The summed E-state index contributed by atoms with van der Waals surface area (Å²) < 4.78 is 64.8. The van der Waals surface area contributed by atoms with Crippen molar-refractivity contribution >= 4 is 38.5 Å². The Hall–Kier alpha value is -0.190. The van der Waals surface area contributed by atoms with Crippen LogP contribution in [0.3, 0.4) is 0 Å². The van der Waals surface area contributed by atoms with Gasteiger partial charge in [-0.15, -0.1) is 13.2 Å². The fourth-order valence-corrected chi connectivity index (χ4v) is 2.75. The highest BCUT2D eigenvalue weighted by molar-refractivity contribution is 14.1. The number of hydrogen-bond acceptors (Lipinski definition) is 2. The van der Waals surface area contributed by atoms with Crippen LogP contribution in [-0.4, -0.2) is 11.3 Å². The quantitative estimate of drug-likeness (QED) is 0.401. The standard InChI is InChI=1S/C8H4BrF5INO/c9-1-3-2-16-7(17-8(12,13)14)4(5(3)15)6(10)11/h2,6H,1H2. The van der Waals surface area contributed by atoms with Gasteiger partial charge in [0.05, 0.1) is 5.56 Å². The van der Waals surface area contributed by atoms with Gasteiger partial charge >= 0.3 is 6.36 Å². The van der Waals surface area contributed by atoms with E-state index in [1.54, 1.807) is 0 Å². The first-order chi connectivity index (χ1) is 7.76. The van der Waals surface area contributed by atoms with Crippen molar-refractivity contribution in [1.29, 1.82) is 0 Å². The molecule has 0 saturated heterocycles. The average Bonchev–Trinajstić information content (AvgIpc) is 2.14. The number of alkyl halides is 6. The minimum absolute atomic E-state index is 0.00345. The summed E-state index contributed by atoms with van der Waals surface area (Å²) >= 11 is 4.56. The van der Waals surface area contributed by atoms with Crippen LogP contribution < -0.4 is 4.74 Å². The summed E-state index contributed by atoms with van der Waals surface area (Å²) in [5.41, 5.74) is -0.477. The molecule has 0 aliphatic rings. The van der Waals surface area contributed by atoms with E-state index in [-0.39, 0.29) is 8.90 Å². The summed E-state index contributed by atoms with van der Waals surface area (Å²) in [6, 6.07) is 0. The minimum Gasteiger partial charge on any atom is -0.387 e. The molecule has 1 heterocycles. The van der Waals surface area contributed by atoms with Gasteiger partial charge in [-0.2, -0.15) is 0 Å². The highest BCUT2D eigenvalue weighted by atomic mass is 127. The zero-order chi connectivity index (χ0) is 13.2. The molecule has 0 unspecified atom stereocenters. The van der Waals surface area contributed by atoms with Gasteiger partial charge in [0.1, 0.15) is 0 Å². The van der Waals surface area contributed by atoms with Crippen molar-refractivity contribution in [2.45, 2.75) is 18.1 Å². The van der Waals surface area contributed by atoms with Gasteiger partial charge in [0.2, 0.25) is 5.88 Å². The smallest absolute Gasteiger partial charge is 0.387 e. The van der Waals surface area contributed by atoms with Gasteiger partial charge in [-0.05, 0) is 28.2 Å². The second-order valence-electron chi connectivity index (χ2n) is 2.80. The zero-order valence-electron chi connectivity index (χ0n) is 7.86. The Morgan fingerprint density at radius 3 is 2.41 bits per heavy atom. The molecule has 96 valence electrons. The summed E-state index contributed by atoms with van der Waals surface area (Å²) in [6.45, 7) is 0. The highest BCUT2D eigenvalue weighted by Gasteiger charge is 2.35. The van der Waals surface area contributed by atoms with E-state index >= 15 is 0 Å². The molecule has 0 atom stereocenters. The second kappa shape index (κ2) is 5.63. The minimum atomic E-state index is -5.05. The van der Waals surface area contributed by atoms with Gasteiger partial charge < -0.3 is 4.74 Å². The molecule has 0 N–H and O–H groups in total. The van der Waals surface area contributed by atoms with Crippen LogP contribution >= 0.6 is 38.5 Å². The van der Waals surface area contributed by atoms with Gasteiger partial charge in [0, 0.05) is 15.1 Å². The Labute approximate surface area is 115 Å². The van der Waals surface area contributed by atoms with E-state index in [1.165, 1.54) is 22.6 Å². The molecule has 0 saturated carbocycles. The third-order valence-corrected chi connectivity index (χ3v) is 3.54. The molecule has 1 rings (SSSR count). The predicted octanol–water partition coefficient (Wildman–Crippen LogP) is 4.42. The molecule has 0 radical (unpaired) electrons. The zero-order valence-corrected chi connectivity index (χ0v) is 11.6. The monoisotopic (exact) mass is 431 g/mol. The fraction of sp³-hybridized carbons (Fsp3) is 0.375. The first kappa shape index (κ1) is 14.9. The molecule has 17 heavy (non-hydrogen) atoms. The Balaban J connectivity index is 3.27. The molecule has 9 heteroatoms. The van der Waals surface area contributed by atoms with Gasteiger partial charge in [0.15, 0.2) is 0 Å². The largest absolute Gasteiger partial charge is 0.574 e. The topological polar surface area (TPSA) is 22.1 Å². The molecular weight excluding hydrogens is 428 g/mol. The number of ether oxygens (including phenoxy) is 1. The summed E-state index contributed by atoms with van der Waals surface area (Å²) in [4.78, 5) is 3.26. The number of hydrogen-bond donors (Lipinski definition) is 0. The lowest BCUT2D eigenvalue weighted by Gasteiger charge is -2.14. The molecule has 0 fully saturated rings. The number of pyridine rings is 1. The molecule has 1 aromatic rings. The van der Waals surface area contributed by atoms with E-state index in [9.17, 15) is 22.0 Å². The first-order valence-corrected chi connectivity index (χ1v) is 6.23. The molecular formula is C8H4BrF5INO. The van der Waals surface area contributed by atoms with Crippen LogP contribution in [0.4, 0.5) is 22.0 Å². The van der Waals surface area contributed by atoms with Crippen molar-refractivity contribution in [3.63, 3.8) is 0 Å². The van der Waals surface area contributed by atoms with Gasteiger partial charge in [-0.25, -0.2) is 13.8 Å². The van der Waals surface area contributed by atoms with Crippen molar-refractivity contribution in [2.24, 2.45) is 0 Å². The van der Waals surface area contributed by atoms with Crippen molar-refractivity contribution in [3.05, 3.63) is 20.9 Å². The van der Waals surface area contributed by atoms with Crippen molar-refractivity contribution < 1.29 is 26.7 Å². The number of halogens is 7. The van der Waals surface area contributed by atoms with Crippen LogP contribution in [0.2, 0.25) is 0 Å². The van der Waals surface area contributed by atoms with E-state index in [0.29, 0.717) is 5.56 Å². The average molecular weight is 432 g/mol. The van der Waals surface area contributed by atoms with E-state index in [1.807, 2.05) is 0 Å². The second-order valence-corrected chi connectivity index (χ2v) is 4.44. The lowest BCUT2D eigenvalue weighted by molar-refractivity contribution is -0.276. The van der Waals surface area contributed by atoms with Gasteiger partial charge in [-0.1, -0.05) is 15.9 Å².